The van der Waals surface area contributed by atoms with Gasteiger partial charge in [0.1, 0.15) is 0 Å². The summed E-state index contributed by atoms with van der Waals surface area (Å²) in [5.74, 6) is 0.347. The molecule has 2 rings (SSSR count). The number of rotatable bonds is 7. The first kappa shape index (κ1) is 15.8. The van der Waals surface area contributed by atoms with Crippen LogP contribution in [0.4, 0.5) is 0 Å². The third-order valence-electron chi connectivity index (χ3n) is 4.80. The molecule has 1 heterocycles. The third kappa shape index (κ3) is 3.95. The minimum Gasteiger partial charge on any atom is -0.339 e. The normalized spacial score (nSPS) is 20.9. The van der Waals surface area contributed by atoms with Crippen molar-refractivity contribution in [3.63, 3.8) is 0 Å². The van der Waals surface area contributed by atoms with E-state index in [-0.39, 0.29) is 0 Å². The summed E-state index contributed by atoms with van der Waals surface area (Å²) in [5, 5.41) is 3.31. The van der Waals surface area contributed by atoms with E-state index in [1.165, 1.54) is 32.1 Å². The first-order valence-electron chi connectivity index (χ1n) is 8.50. The van der Waals surface area contributed by atoms with Crippen LogP contribution in [0.3, 0.4) is 0 Å². The highest BCUT2D eigenvalue weighted by atomic mass is 16.2. The molecular weight excluding hydrogens is 250 g/mol. The van der Waals surface area contributed by atoms with Crippen LogP contribution in [0.2, 0.25) is 0 Å². The molecule has 4 heteroatoms. The molecule has 1 aliphatic carbocycles. The minimum atomic E-state index is 0.347. The first-order chi connectivity index (χ1) is 9.76. The van der Waals surface area contributed by atoms with Gasteiger partial charge in [0.25, 0.3) is 0 Å². The summed E-state index contributed by atoms with van der Waals surface area (Å²) < 4.78 is 0. The molecule has 0 spiro atoms. The lowest BCUT2D eigenvalue weighted by atomic mass is 9.94. The molecular formula is C16H31N3O. The Morgan fingerprint density at radius 3 is 2.30 bits per heavy atom. The Kier molecular flexibility index (Phi) is 6.30. The summed E-state index contributed by atoms with van der Waals surface area (Å²) in [7, 11) is 0. The van der Waals surface area contributed by atoms with Crippen LogP contribution in [0.15, 0.2) is 0 Å². The maximum Gasteiger partial charge on any atom is 0.236 e. The lowest BCUT2D eigenvalue weighted by molar-refractivity contribution is -0.136. The zero-order valence-electron chi connectivity index (χ0n) is 13.2. The van der Waals surface area contributed by atoms with Crippen LogP contribution in [0.5, 0.6) is 0 Å². The highest BCUT2D eigenvalue weighted by Gasteiger charge is 2.29. The van der Waals surface area contributed by atoms with Crippen LogP contribution in [0, 0.1) is 0 Å². The standard InChI is InChI=1S/C16H31N3O/c1-3-10-18(15-11-17-12-15)13-16(20)19(4-2)14-8-6-5-7-9-14/h14-15,17H,3-13H2,1-2H3. The first-order valence-corrected chi connectivity index (χ1v) is 8.50. The third-order valence-corrected chi connectivity index (χ3v) is 4.80. The molecule has 4 nitrogen and oxygen atoms in total. The van der Waals surface area contributed by atoms with Crippen molar-refractivity contribution in [1.29, 1.82) is 0 Å². The Bertz CT molecular complexity index is 298. The lowest BCUT2D eigenvalue weighted by Crippen LogP contribution is -2.59. The van der Waals surface area contributed by atoms with Crippen molar-refractivity contribution >= 4 is 5.91 Å². The van der Waals surface area contributed by atoms with E-state index in [1.807, 2.05) is 0 Å². The van der Waals surface area contributed by atoms with E-state index in [4.69, 9.17) is 0 Å². The smallest absolute Gasteiger partial charge is 0.236 e. The Balaban J connectivity index is 1.88. The molecule has 1 aliphatic heterocycles. The van der Waals surface area contributed by atoms with Gasteiger partial charge in [0, 0.05) is 31.7 Å². The highest BCUT2D eigenvalue weighted by Crippen LogP contribution is 2.23. The molecule has 0 atom stereocenters. The van der Waals surface area contributed by atoms with Crippen LogP contribution in [0.1, 0.15) is 52.4 Å². The summed E-state index contributed by atoms with van der Waals surface area (Å²) in [6.45, 7) is 8.94. The van der Waals surface area contributed by atoms with E-state index < -0.39 is 0 Å². The second-order valence-corrected chi connectivity index (χ2v) is 6.25. The van der Waals surface area contributed by atoms with Gasteiger partial charge in [0.2, 0.25) is 5.91 Å². The van der Waals surface area contributed by atoms with Crippen LogP contribution < -0.4 is 5.32 Å². The summed E-state index contributed by atoms with van der Waals surface area (Å²) >= 11 is 0. The number of hydrogen-bond acceptors (Lipinski definition) is 3. The maximum absolute atomic E-state index is 12.7. The van der Waals surface area contributed by atoms with Crippen molar-refractivity contribution in [2.45, 2.75) is 64.5 Å². The molecule has 0 unspecified atom stereocenters. The molecule has 20 heavy (non-hydrogen) atoms. The number of carbonyl (C=O) groups excluding carboxylic acids is 1. The summed E-state index contributed by atoms with van der Waals surface area (Å²) in [6, 6.07) is 1.08. The number of nitrogens with one attached hydrogen (secondary N) is 1. The highest BCUT2D eigenvalue weighted by molar-refractivity contribution is 5.78. The van der Waals surface area contributed by atoms with Crippen molar-refractivity contribution in [1.82, 2.24) is 15.1 Å². The van der Waals surface area contributed by atoms with Crippen molar-refractivity contribution in [3.8, 4) is 0 Å². The monoisotopic (exact) mass is 281 g/mol. The molecule has 0 aromatic heterocycles. The zero-order valence-corrected chi connectivity index (χ0v) is 13.2. The predicted molar refractivity (Wildman–Crippen MR) is 82.8 cm³/mol. The van der Waals surface area contributed by atoms with Gasteiger partial charge in [-0.3, -0.25) is 9.69 Å². The average Bonchev–Trinajstić information content (AvgIpc) is 2.39. The predicted octanol–water partition coefficient (Wildman–Crippen LogP) is 1.85. The molecule has 0 aromatic carbocycles. The average molecular weight is 281 g/mol. The molecule has 2 aliphatic rings. The quantitative estimate of drug-likeness (QED) is 0.773. The van der Waals surface area contributed by atoms with Crippen LogP contribution in [0.25, 0.3) is 0 Å². The van der Waals surface area contributed by atoms with Crippen molar-refractivity contribution < 1.29 is 4.79 Å². The Morgan fingerprint density at radius 1 is 1.10 bits per heavy atom. The SMILES string of the molecule is CCCN(CC(=O)N(CC)C1CCCCC1)C1CNC1. The molecule has 1 N–H and O–H groups in total. The Morgan fingerprint density at radius 2 is 1.80 bits per heavy atom. The fourth-order valence-electron chi connectivity index (χ4n) is 3.51. The number of nitrogens with zero attached hydrogens (tertiary/aromatic N) is 2. The molecule has 2 fully saturated rings. The van der Waals surface area contributed by atoms with E-state index in [0.29, 0.717) is 24.5 Å². The van der Waals surface area contributed by atoms with Gasteiger partial charge in [-0.2, -0.15) is 0 Å². The number of hydrogen-bond donors (Lipinski definition) is 1. The van der Waals surface area contributed by atoms with Crippen molar-refractivity contribution in [2.75, 3.05) is 32.7 Å². The second kappa shape index (κ2) is 7.99. The van der Waals surface area contributed by atoms with Gasteiger partial charge in [0.05, 0.1) is 6.54 Å². The topological polar surface area (TPSA) is 35.6 Å². The minimum absolute atomic E-state index is 0.347. The van der Waals surface area contributed by atoms with Gasteiger partial charge in [-0.15, -0.1) is 0 Å². The van der Waals surface area contributed by atoms with Gasteiger partial charge >= 0.3 is 0 Å². The van der Waals surface area contributed by atoms with Gasteiger partial charge in [-0.1, -0.05) is 26.2 Å². The summed E-state index contributed by atoms with van der Waals surface area (Å²) in [4.78, 5) is 17.2. The van der Waals surface area contributed by atoms with Crippen LogP contribution >= 0.6 is 0 Å². The summed E-state index contributed by atoms with van der Waals surface area (Å²) in [6.07, 6.45) is 7.47. The van der Waals surface area contributed by atoms with E-state index in [1.54, 1.807) is 0 Å². The molecule has 0 aromatic rings. The van der Waals surface area contributed by atoms with E-state index in [2.05, 4.69) is 29.0 Å². The van der Waals surface area contributed by atoms with Crippen molar-refractivity contribution in [2.24, 2.45) is 0 Å². The molecule has 1 saturated heterocycles. The Labute approximate surface area is 123 Å². The fourth-order valence-corrected chi connectivity index (χ4v) is 3.51. The summed E-state index contributed by atoms with van der Waals surface area (Å²) in [5.41, 5.74) is 0. The van der Waals surface area contributed by atoms with Gasteiger partial charge in [-0.25, -0.2) is 0 Å². The number of amides is 1. The molecule has 0 bridgehead atoms. The molecule has 1 saturated carbocycles. The Hall–Kier alpha value is -0.610. The van der Waals surface area contributed by atoms with E-state index >= 15 is 0 Å². The molecule has 1 amide bonds. The largest absolute Gasteiger partial charge is 0.339 e. The van der Waals surface area contributed by atoms with Crippen molar-refractivity contribution in [3.05, 3.63) is 0 Å². The molecule has 0 radical (unpaired) electrons. The van der Waals surface area contributed by atoms with Gasteiger partial charge < -0.3 is 10.2 Å². The lowest BCUT2D eigenvalue weighted by Gasteiger charge is -2.40. The van der Waals surface area contributed by atoms with Gasteiger partial charge in [-0.05, 0) is 32.7 Å². The van der Waals surface area contributed by atoms with Crippen LogP contribution in [-0.4, -0.2) is 60.5 Å². The van der Waals surface area contributed by atoms with E-state index in [0.717, 1.165) is 32.6 Å². The van der Waals surface area contributed by atoms with E-state index in [9.17, 15) is 4.79 Å². The molecule has 116 valence electrons. The number of carbonyl (C=O) groups is 1. The fraction of sp³-hybridized carbons (Fsp3) is 0.938. The van der Waals surface area contributed by atoms with Crippen LogP contribution in [-0.2, 0) is 4.79 Å². The van der Waals surface area contributed by atoms with Gasteiger partial charge in [0.15, 0.2) is 0 Å². The maximum atomic E-state index is 12.7. The second-order valence-electron chi connectivity index (χ2n) is 6.25. The number of likely N-dealkylation sites (N-methyl/N-ethyl adjacent to an activating group) is 1. The zero-order chi connectivity index (χ0) is 14.4.